The van der Waals surface area contributed by atoms with E-state index in [0.717, 1.165) is 11.4 Å². The number of hydrogen-bond donors (Lipinski definition) is 0. The molecule has 0 saturated carbocycles. The molecule has 0 amide bonds. The summed E-state index contributed by atoms with van der Waals surface area (Å²) in [5, 5.41) is 15.7. The number of rotatable bonds is 11. The zero-order chi connectivity index (χ0) is 50.5. The van der Waals surface area contributed by atoms with E-state index in [4.69, 9.17) is 0 Å². The molecule has 12 aromatic carbocycles. The molecule has 2 aromatic heterocycles. The number of benzene rings is 12. The van der Waals surface area contributed by atoms with E-state index in [1.54, 1.807) is 0 Å². The van der Waals surface area contributed by atoms with Gasteiger partial charge >= 0.3 is 0 Å². The van der Waals surface area contributed by atoms with Crippen LogP contribution in [0.1, 0.15) is 0 Å². The summed E-state index contributed by atoms with van der Waals surface area (Å²) in [5.41, 5.74) is 9.38. The average Bonchev–Trinajstić information content (AvgIpc) is 4.24. The Morgan fingerprint density at radius 2 is 0.566 bits per heavy atom. The summed E-state index contributed by atoms with van der Waals surface area (Å²) in [6.07, 6.45) is 0. The molecule has 0 aliphatic rings. The van der Waals surface area contributed by atoms with E-state index in [1.165, 1.54) is 96.2 Å². The Kier molecular flexibility index (Phi) is 11.2. The summed E-state index contributed by atoms with van der Waals surface area (Å²) < 4.78 is 5.11. The van der Waals surface area contributed by atoms with Gasteiger partial charge in [-0.25, -0.2) is 0 Å². The lowest BCUT2D eigenvalue weighted by Gasteiger charge is -2.34. The van der Waals surface area contributed by atoms with Crippen LogP contribution in [0.25, 0.3) is 66.1 Å². The van der Waals surface area contributed by atoms with Crippen molar-refractivity contribution in [3.63, 3.8) is 0 Å². The Hall–Kier alpha value is -9.33. The molecule has 0 unspecified atom stereocenters. The van der Waals surface area contributed by atoms with Gasteiger partial charge in [0.1, 0.15) is 0 Å². The first-order chi connectivity index (χ1) is 37.7. The van der Waals surface area contributed by atoms with Gasteiger partial charge in [-0.1, -0.05) is 273 Å². The first-order valence-electron chi connectivity index (χ1n) is 26.3. The van der Waals surface area contributed by atoms with Crippen LogP contribution in [-0.2, 0) is 0 Å². The van der Waals surface area contributed by atoms with Crippen LogP contribution in [0, 0.1) is 0 Å². The van der Waals surface area contributed by atoms with E-state index in [2.05, 4.69) is 325 Å². The second kappa shape index (κ2) is 18.9. The minimum absolute atomic E-state index is 1.13. The molecule has 4 heteroatoms. The third-order valence-corrected chi connectivity index (χ3v) is 25.5. The molecule has 0 aliphatic heterocycles. The molecule has 0 N–H and O–H groups in total. The quantitative estimate of drug-likeness (QED) is 0.0903. The minimum Gasteiger partial charge on any atom is -0.309 e. The molecule has 0 radical (unpaired) electrons. The highest BCUT2D eigenvalue weighted by Gasteiger charge is 2.43. The lowest BCUT2D eigenvalue weighted by atomic mass is 9.98. The zero-order valence-electron chi connectivity index (χ0n) is 41.9. The van der Waals surface area contributed by atoms with E-state index >= 15 is 0 Å². The molecule has 0 atom stereocenters. The maximum Gasteiger partial charge on any atom is 0.179 e. The first kappa shape index (κ1) is 45.3. The van der Waals surface area contributed by atoms with Gasteiger partial charge < -0.3 is 9.13 Å². The molecule has 2 heterocycles. The Labute approximate surface area is 445 Å². The number of hydrogen-bond acceptors (Lipinski definition) is 0. The van der Waals surface area contributed by atoms with Crippen molar-refractivity contribution in [1.82, 2.24) is 9.13 Å². The van der Waals surface area contributed by atoms with Crippen LogP contribution in [0.4, 0.5) is 0 Å². The maximum atomic E-state index is 2.58. The van der Waals surface area contributed by atoms with Gasteiger partial charge in [0.2, 0.25) is 0 Å². The first-order valence-corrected chi connectivity index (χ1v) is 30.3. The molecule has 0 bridgehead atoms. The van der Waals surface area contributed by atoms with E-state index in [1.807, 2.05) is 0 Å². The van der Waals surface area contributed by atoms with Crippen molar-refractivity contribution in [2.45, 2.75) is 0 Å². The fourth-order valence-electron chi connectivity index (χ4n) is 12.9. The van der Waals surface area contributed by atoms with Crippen LogP contribution in [0.2, 0.25) is 0 Å². The summed E-state index contributed by atoms with van der Waals surface area (Å²) in [4.78, 5) is 0. The molecule has 0 saturated heterocycles. The largest absolute Gasteiger partial charge is 0.309 e. The predicted molar refractivity (Wildman–Crippen MR) is 328 cm³/mol. The molecule has 0 aliphatic carbocycles. The minimum atomic E-state index is -2.88. The molecule has 14 aromatic rings. The zero-order valence-corrected chi connectivity index (χ0v) is 43.9. The Morgan fingerprint density at radius 1 is 0.224 bits per heavy atom. The molecule has 14 rings (SSSR count). The number of nitrogens with zero attached hydrogens (tertiary/aromatic N) is 2. The lowest BCUT2D eigenvalue weighted by molar-refractivity contribution is 1.17. The van der Waals surface area contributed by atoms with Crippen LogP contribution in [-0.4, -0.2) is 25.3 Å². The number of aromatic nitrogens is 2. The summed E-state index contributed by atoms with van der Waals surface area (Å²) >= 11 is 0. The van der Waals surface area contributed by atoms with Gasteiger partial charge in [0.15, 0.2) is 16.1 Å². The summed E-state index contributed by atoms with van der Waals surface area (Å²) in [7, 11) is -5.76. The fraction of sp³-hybridized carbons (Fsp3) is 0. The van der Waals surface area contributed by atoms with Crippen molar-refractivity contribution in [1.29, 1.82) is 0 Å². The van der Waals surface area contributed by atoms with Gasteiger partial charge in [-0.05, 0) is 89.5 Å². The summed E-state index contributed by atoms with van der Waals surface area (Å²) in [5.74, 6) is 0. The van der Waals surface area contributed by atoms with E-state index in [0.29, 0.717) is 0 Å². The highest BCUT2D eigenvalue weighted by Crippen LogP contribution is 2.46. The smallest absolute Gasteiger partial charge is 0.179 e. The van der Waals surface area contributed by atoms with Crippen molar-refractivity contribution in [2.24, 2.45) is 0 Å². The van der Waals surface area contributed by atoms with Gasteiger partial charge in [0.25, 0.3) is 0 Å². The van der Waals surface area contributed by atoms with Crippen molar-refractivity contribution in [3.8, 4) is 22.5 Å². The lowest BCUT2D eigenvalue weighted by Crippen LogP contribution is -2.74. The molecular formula is C72H52N2Si2. The molecule has 2 nitrogen and oxygen atoms in total. The van der Waals surface area contributed by atoms with Gasteiger partial charge in [0, 0.05) is 38.5 Å². The standard InChI is InChI=1S/C72H52N2Si2/c1-8-29-54(30-9-1)73-69-49-25-23-47-65(69)70-71(73)66(53-28-26-44-62(50-53)75(56-32-10-2-11-33-56,57-34-12-3-13-35-57)58-36-14-4-15-37-58)52-67-64-46-22-24-48-68(64)74(72(67)70)55-31-27-45-63(51-55)76(59-38-16-5-17-39-59,60-40-18-6-19-41-60)61-42-20-7-21-43-61/h1-52H. The Bertz CT molecular complexity index is 4170. The van der Waals surface area contributed by atoms with Crippen LogP contribution >= 0.6 is 0 Å². The van der Waals surface area contributed by atoms with Crippen molar-refractivity contribution < 1.29 is 0 Å². The molecular weight excluding hydrogens is 949 g/mol. The highest BCUT2D eigenvalue weighted by atomic mass is 28.3. The van der Waals surface area contributed by atoms with Gasteiger partial charge in [0.05, 0.1) is 22.1 Å². The van der Waals surface area contributed by atoms with E-state index < -0.39 is 16.1 Å². The second-order valence-electron chi connectivity index (χ2n) is 19.9. The van der Waals surface area contributed by atoms with Crippen molar-refractivity contribution in [2.75, 3.05) is 0 Å². The molecule has 0 spiro atoms. The van der Waals surface area contributed by atoms with Crippen LogP contribution in [0.5, 0.6) is 0 Å². The van der Waals surface area contributed by atoms with E-state index in [9.17, 15) is 0 Å². The molecule has 358 valence electrons. The third-order valence-electron chi connectivity index (χ3n) is 16.0. The Balaban J connectivity index is 1.11. The maximum absolute atomic E-state index is 2.88. The van der Waals surface area contributed by atoms with Crippen LogP contribution in [0.15, 0.2) is 315 Å². The summed E-state index contributed by atoms with van der Waals surface area (Å²) in [6.45, 7) is 0. The van der Waals surface area contributed by atoms with Gasteiger partial charge in [-0.3, -0.25) is 0 Å². The Morgan fingerprint density at radius 3 is 1.04 bits per heavy atom. The molecule has 0 fully saturated rings. The SMILES string of the molecule is c1ccc(-n2c3ccccc3c3c2c(-c2cccc([Si](c4ccccc4)(c4ccccc4)c4ccccc4)c2)cc2c4ccccc4n(-c4cccc([Si](c5ccccc5)(c5ccccc5)c5ccccc5)c4)c23)cc1. The van der Waals surface area contributed by atoms with E-state index in [-0.39, 0.29) is 0 Å². The topological polar surface area (TPSA) is 9.86 Å². The fourth-order valence-corrected chi connectivity index (χ4v) is 22.4. The highest BCUT2D eigenvalue weighted by molar-refractivity contribution is 7.20. The normalized spacial score (nSPS) is 11.9. The van der Waals surface area contributed by atoms with Gasteiger partial charge in [-0.15, -0.1) is 0 Å². The van der Waals surface area contributed by atoms with Crippen molar-refractivity contribution >= 4 is 101 Å². The molecule has 76 heavy (non-hydrogen) atoms. The number of para-hydroxylation sites is 3. The van der Waals surface area contributed by atoms with Crippen LogP contribution in [0.3, 0.4) is 0 Å². The second-order valence-corrected chi connectivity index (χ2v) is 27.5. The third kappa shape index (κ3) is 7.06. The summed E-state index contributed by atoms with van der Waals surface area (Å²) in [6, 6.07) is 118. The van der Waals surface area contributed by atoms with Crippen molar-refractivity contribution in [3.05, 3.63) is 315 Å². The van der Waals surface area contributed by atoms with Crippen LogP contribution < -0.4 is 41.5 Å². The predicted octanol–water partition coefficient (Wildman–Crippen LogP) is 12.3. The average molecular weight is 1000 g/mol. The van der Waals surface area contributed by atoms with Gasteiger partial charge in [-0.2, -0.15) is 0 Å². The monoisotopic (exact) mass is 1000 g/mol. The number of fused-ring (bicyclic) bond motifs is 7.